The minimum atomic E-state index is -0.393. The number of aromatic nitrogens is 1. The Morgan fingerprint density at radius 2 is 1.88 bits per heavy atom. The van der Waals surface area contributed by atoms with E-state index in [1.165, 1.54) is 11.1 Å². The van der Waals surface area contributed by atoms with E-state index in [1.807, 2.05) is 19.9 Å². The number of rotatable bonds is 2. The second kappa shape index (κ2) is 4.09. The van der Waals surface area contributed by atoms with Crippen molar-refractivity contribution < 1.29 is 4.79 Å². The van der Waals surface area contributed by atoms with Crippen molar-refractivity contribution in [2.24, 2.45) is 5.73 Å². The van der Waals surface area contributed by atoms with Gasteiger partial charge in [0.2, 0.25) is 0 Å². The highest BCUT2D eigenvalue weighted by Gasteiger charge is 2.11. The van der Waals surface area contributed by atoms with Crippen molar-refractivity contribution in [2.75, 3.05) is 0 Å². The van der Waals surface area contributed by atoms with Gasteiger partial charge in [0, 0.05) is 17.0 Å². The summed E-state index contributed by atoms with van der Waals surface area (Å²) < 4.78 is 0. The first-order valence-electron chi connectivity index (χ1n) is 5.56. The van der Waals surface area contributed by atoms with Crippen LogP contribution in [0.3, 0.4) is 0 Å². The zero-order valence-corrected chi connectivity index (χ0v) is 10.3. The Morgan fingerprint density at radius 3 is 2.47 bits per heavy atom. The number of nitrogens with two attached hydrogens (primary N) is 1. The maximum Gasteiger partial charge on any atom is 0.250 e. The topological polar surface area (TPSA) is 58.9 Å². The number of aromatic amines is 1. The molecule has 0 aliphatic heterocycles. The molecule has 0 aliphatic rings. The maximum absolute atomic E-state index is 11.2. The molecule has 0 fully saturated rings. The predicted molar refractivity (Wildman–Crippen MR) is 69.0 cm³/mol. The molecule has 2 rings (SSSR count). The summed E-state index contributed by atoms with van der Waals surface area (Å²) in [6, 6.07) is 8.07. The summed E-state index contributed by atoms with van der Waals surface area (Å²) in [4.78, 5) is 14.4. The van der Waals surface area contributed by atoms with Crippen molar-refractivity contribution in [1.82, 2.24) is 4.98 Å². The third kappa shape index (κ3) is 2.09. The molecule has 0 unspecified atom stereocenters. The SMILES string of the molecule is Cc1ccc(C)c(-c2cc(C(N)=O)c(C)[nH]2)c1. The van der Waals surface area contributed by atoms with Crippen molar-refractivity contribution >= 4 is 5.91 Å². The van der Waals surface area contributed by atoms with Gasteiger partial charge in [-0.05, 0) is 38.5 Å². The number of H-pyrrole nitrogens is 1. The molecule has 0 aliphatic carbocycles. The van der Waals surface area contributed by atoms with Crippen LogP contribution in [0.1, 0.15) is 27.2 Å². The third-order valence-corrected chi connectivity index (χ3v) is 2.96. The minimum Gasteiger partial charge on any atom is -0.366 e. The number of amides is 1. The molecule has 0 radical (unpaired) electrons. The summed E-state index contributed by atoms with van der Waals surface area (Å²) in [5.41, 5.74) is 11.1. The van der Waals surface area contributed by atoms with E-state index in [-0.39, 0.29) is 0 Å². The van der Waals surface area contributed by atoms with Gasteiger partial charge in [-0.15, -0.1) is 0 Å². The fraction of sp³-hybridized carbons (Fsp3) is 0.214. The molecule has 1 aromatic heterocycles. The van der Waals surface area contributed by atoms with E-state index in [0.717, 1.165) is 17.0 Å². The molecule has 1 amide bonds. The fourth-order valence-electron chi connectivity index (χ4n) is 1.99. The van der Waals surface area contributed by atoms with Gasteiger partial charge in [0.1, 0.15) is 0 Å². The second-order valence-corrected chi connectivity index (χ2v) is 4.40. The normalized spacial score (nSPS) is 10.5. The molecule has 3 nitrogen and oxygen atoms in total. The van der Waals surface area contributed by atoms with Crippen LogP contribution in [0.2, 0.25) is 0 Å². The zero-order chi connectivity index (χ0) is 12.6. The molecular formula is C14H16N2O. The first-order valence-corrected chi connectivity index (χ1v) is 5.56. The maximum atomic E-state index is 11.2. The summed E-state index contributed by atoms with van der Waals surface area (Å²) in [5, 5.41) is 0. The van der Waals surface area contributed by atoms with Crippen molar-refractivity contribution in [3.63, 3.8) is 0 Å². The Bertz CT molecular complexity index is 582. The highest BCUT2D eigenvalue weighted by molar-refractivity contribution is 5.95. The van der Waals surface area contributed by atoms with Crippen molar-refractivity contribution in [3.8, 4) is 11.3 Å². The zero-order valence-electron chi connectivity index (χ0n) is 10.3. The van der Waals surface area contributed by atoms with E-state index in [0.29, 0.717) is 5.56 Å². The number of hydrogen-bond acceptors (Lipinski definition) is 1. The summed E-state index contributed by atoms with van der Waals surface area (Å²) in [5.74, 6) is -0.393. The van der Waals surface area contributed by atoms with Crippen LogP contribution >= 0.6 is 0 Å². The Kier molecular flexibility index (Phi) is 2.76. The van der Waals surface area contributed by atoms with Crippen LogP contribution in [-0.2, 0) is 0 Å². The van der Waals surface area contributed by atoms with E-state index in [4.69, 9.17) is 5.73 Å². The lowest BCUT2D eigenvalue weighted by atomic mass is 10.0. The van der Waals surface area contributed by atoms with E-state index in [1.54, 1.807) is 0 Å². The molecule has 3 N–H and O–H groups in total. The summed E-state index contributed by atoms with van der Waals surface area (Å²) in [7, 11) is 0. The average molecular weight is 228 g/mol. The highest BCUT2D eigenvalue weighted by atomic mass is 16.1. The van der Waals surface area contributed by atoms with Crippen molar-refractivity contribution in [3.05, 3.63) is 46.6 Å². The van der Waals surface area contributed by atoms with Crippen LogP contribution in [0.25, 0.3) is 11.3 Å². The molecule has 0 saturated heterocycles. The Hall–Kier alpha value is -2.03. The Labute approximate surface area is 101 Å². The van der Waals surface area contributed by atoms with Gasteiger partial charge in [-0.1, -0.05) is 17.7 Å². The number of carbonyl (C=O) groups excluding carboxylic acids is 1. The monoisotopic (exact) mass is 228 g/mol. The van der Waals surface area contributed by atoms with Crippen molar-refractivity contribution in [1.29, 1.82) is 0 Å². The molecule has 3 heteroatoms. The molecule has 0 saturated carbocycles. The summed E-state index contributed by atoms with van der Waals surface area (Å²) in [6.45, 7) is 5.96. The summed E-state index contributed by atoms with van der Waals surface area (Å²) >= 11 is 0. The minimum absolute atomic E-state index is 0.393. The van der Waals surface area contributed by atoms with Crippen molar-refractivity contribution in [2.45, 2.75) is 20.8 Å². The van der Waals surface area contributed by atoms with Gasteiger partial charge >= 0.3 is 0 Å². The molecule has 2 aromatic rings. The van der Waals surface area contributed by atoms with Gasteiger partial charge < -0.3 is 10.7 Å². The molecule has 0 bridgehead atoms. The smallest absolute Gasteiger partial charge is 0.250 e. The van der Waals surface area contributed by atoms with E-state index in [2.05, 4.69) is 30.1 Å². The molecule has 1 heterocycles. The van der Waals surface area contributed by atoms with E-state index < -0.39 is 5.91 Å². The van der Waals surface area contributed by atoms with Crippen LogP contribution in [0.5, 0.6) is 0 Å². The molecule has 1 aromatic carbocycles. The van der Waals surface area contributed by atoms with Crippen LogP contribution in [0.15, 0.2) is 24.3 Å². The number of hydrogen-bond donors (Lipinski definition) is 2. The fourth-order valence-corrected chi connectivity index (χ4v) is 1.99. The van der Waals surface area contributed by atoms with Gasteiger partial charge in [0.15, 0.2) is 0 Å². The standard InChI is InChI=1S/C14H16N2O/c1-8-4-5-9(2)11(6-8)13-7-12(14(15)17)10(3)16-13/h4-7,16H,1-3H3,(H2,15,17). The molecule has 0 atom stereocenters. The lowest BCUT2D eigenvalue weighted by Crippen LogP contribution is -2.10. The van der Waals surface area contributed by atoms with Crippen LogP contribution in [0, 0.1) is 20.8 Å². The largest absolute Gasteiger partial charge is 0.366 e. The lowest BCUT2D eigenvalue weighted by molar-refractivity contribution is 0.1000. The quantitative estimate of drug-likeness (QED) is 0.815. The first-order chi connectivity index (χ1) is 7.99. The number of aryl methyl sites for hydroxylation is 3. The van der Waals surface area contributed by atoms with Crippen LogP contribution in [0.4, 0.5) is 0 Å². The van der Waals surface area contributed by atoms with E-state index in [9.17, 15) is 4.79 Å². The van der Waals surface area contributed by atoms with E-state index >= 15 is 0 Å². The third-order valence-electron chi connectivity index (χ3n) is 2.96. The molecule has 88 valence electrons. The number of primary amides is 1. The van der Waals surface area contributed by atoms with Gasteiger partial charge in [-0.2, -0.15) is 0 Å². The number of carbonyl (C=O) groups is 1. The van der Waals surface area contributed by atoms with Crippen LogP contribution < -0.4 is 5.73 Å². The first kappa shape index (κ1) is 11.5. The highest BCUT2D eigenvalue weighted by Crippen LogP contribution is 2.25. The van der Waals surface area contributed by atoms with Gasteiger partial charge in [-0.25, -0.2) is 0 Å². The number of benzene rings is 1. The van der Waals surface area contributed by atoms with Gasteiger partial charge in [0.05, 0.1) is 5.56 Å². The average Bonchev–Trinajstić information content (AvgIpc) is 2.64. The van der Waals surface area contributed by atoms with Crippen LogP contribution in [-0.4, -0.2) is 10.9 Å². The lowest BCUT2D eigenvalue weighted by Gasteiger charge is -2.04. The predicted octanol–water partition coefficient (Wildman–Crippen LogP) is 2.71. The Morgan fingerprint density at radius 1 is 1.18 bits per heavy atom. The van der Waals surface area contributed by atoms with Gasteiger partial charge in [-0.3, -0.25) is 4.79 Å². The molecule has 0 spiro atoms. The summed E-state index contributed by atoms with van der Waals surface area (Å²) in [6.07, 6.45) is 0. The molecule has 17 heavy (non-hydrogen) atoms. The number of nitrogens with one attached hydrogen (secondary N) is 1. The Balaban J connectivity index is 2.57. The second-order valence-electron chi connectivity index (χ2n) is 4.40. The molecular weight excluding hydrogens is 212 g/mol. The van der Waals surface area contributed by atoms with Gasteiger partial charge in [0.25, 0.3) is 5.91 Å².